The van der Waals surface area contributed by atoms with Crippen LogP contribution in [0, 0.1) is 12.3 Å². The minimum atomic E-state index is -3.82. The number of carbonyl (C=O) groups is 1. The first-order chi connectivity index (χ1) is 9.36. The molecule has 0 aliphatic heterocycles. The van der Waals surface area contributed by atoms with Crippen LogP contribution in [-0.4, -0.2) is 42.5 Å². The van der Waals surface area contributed by atoms with Crippen LogP contribution in [0.5, 0.6) is 5.75 Å². The Morgan fingerprint density at radius 2 is 1.81 bits per heavy atom. The lowest BCUT2D eigenvalue weighted by Gasteiger charge is -2.26. The Morgan fingerprint density at radius 3 is 2.24 bits per heavy atom. The van der Waals surface area contributed by atoms with E-state index in [1.165, 1.54) is 18.3 Å². The highest BCUT2D eigenvalue weighted by molar-refractivity contribution is 7.89. The molecule has 118 valence electrons. The lowest BCUT2D eigenvalue weighted by molar-refractivity contribution is 0.0693. The van der Waals surface area contributed by atoms with Gasteiger partial charge < -0.3 is 10.2 Å². The molecule has 1 aromatic rings. The smallest absolute Gasteiger partial charge is 0.339 e. The predicted octanol–water partition coefficient (Wildman–Crippen LogP) is 2.07. The fraction of sp³-hybridized carbons (Fsp3) is 0.500. The molecule has 0 saturated heterocycles. The van der Waals surface area contributed by atoms with Crippen LogP contribution in [0.3, 0.4) is 0 Å². The lowest BCUT2D eigenvalue weighted by atomic mass is 9.97. The van der Waals surface area contributed by atoms with Gasteiger partial charge in [0.15, 0.2) is 0 Å². The molecule has 7 heteroatoms. The van der Waals surface area contributed by atoms with Crippen molar-refractivity contribution in [3.63, 3.8) is 0 Å². The maximum atomic E-state index is 12.6. The Labute approximate surface area is 125 Å². The second-order valence-corrected chi connectivity index (χ2v) is 8.28. The number of aromatic carboxylic acids is 1. The van der Waals surface area contributed by atoms with E-state index in [-0.39, 0.29) is 16.9 Å². The van der Waals surface area contributed by atoms with E-state index < -0.39 is 27.3 Å². The van der Waals surface area contributed by atoms with Crippen molar-refractivity contribution < 1.29 is 23.4 Å². The molecule has 0 aliphatic rings. The quantitative estimate of drug-likeness (QED) is 0.887. The number of benzene rings is 1. The monoisotopic (exact) mass is 315 g/mol. The summed E-state index contributed by atoms with van der Waals surface area (Å²) in [4.78, 5) is 10.9. The zero-order valence-corrected chi connectivity index (χ0v) is 13.7. The van der Waals surface area contributed by atoms with Gasteiger partial charge in [0, 0.05) is 13.6 Å². The average Bonchev–Trinajstić information content (AvgIpc) is 2.25. The van der Waals surface area contributed by atoms with Gasteiger partial charge in [-0.25, -0.2) is 17.5 Å². The Morgan fingerprint density at radius 1 is 1.29 bits per heavy atom. The molecule has 21 heavy (non-hydrogen) atoms. The molecule has 0 amide bonds. The van der Waals surface area contributed by atoms with Crippen molar-refractivity contribution in [1.82, 2.24) is 4.31 Å². The van der Waals surface area contributed by atoms with E-state index in [0.29, 0.717) is 5.56 Å². The third-order valence-electron chi connectivity index (χ3n) is 2.91. The molecule has 0 radical (unpaired) electrons. The average molecular weight is 315 g/mol. The fourth-order valence-corrected chi connectivity index (χ4v) is 3.67. The number of sulfonamides is 1. The fourth-order valence-electron chi connectivity index (χ4n) is 2.04. The van der Waals surface area contributed by atoms with Gasteiger partial charge in [0.2, 0.25) is 10.0 Å². The third kappa shape index (κ3) is 3.95. The van der Waals surface area contributed by atoms with Crippen LogP contribution in [0.4, 0.5) is 0 Å². The number of hydrogen-bond donors (Lipinski definition) is 2. The zero-order chi connectivity index (χ0) is 16.6. The van der Waals surface area contributed by atoms with Gasteiger partial charge in [-0.1, -0.05) is 20.8 Å². The van der Waals surface area contributed by atoms with Gasteiger partial charge in [-0.2, -0.15) is 0 Å². The molecule has 2 N–H and O–H groups in total. The molecular formula is C14H21NO5S. The van der Waals surface area contributed by atoms with Crippen LogP contribution in [0.15, 0.2) is 17.0 Å². The third-order valence-corrected chi connectivity index (χ3v) is 4.85. The predicted molar refractivity (Wildman–Crippen MR) is 79.1 cm³/mol. The van der Waals surface area contributed by atoms with Crippen molar-refractivity contribution in [2.75, 3.05) is 13.6 Å². The first kappa shape index (κ1) is 17.5. The zero-order valence-electron chi connectivity index (χ0n) is 12.8. The summed E-state index contributed by atoms with van der Waals surface area (Å²) in [6.07, 6.45) is 0. The number of aromatic hydroxyl groups is 1. The van der Waals surface area contributed by atoms with E-state index in [1.54, 1.807) is 0 Å². The minimum absolute atomic E-state index is 0.107. The molecule has 0 unspecified atom stereocenters. The van der Waals surface area contributed by atoms with Crippen molar-refractivity contribution in [1.29, 1.82) is 0 Å². The van der Waals surface area contributed by atoms with Gasteiger partial charge in [0.05, 0.1) is 4.90 Å². The molecule has 0 heterocycles. The molecule has 1 aromatic carbocycles. The molecule has 0 aliphatic carbocycles. The molecule has 0 aromatic heterocycles. The maximum Gasteiger partial charge on any atom is 0.339 e. The number of nitrogens with zero attached hydrogens (tertiary/aromatic N) is 1. The summed E-state index contributed by atoms with van der Waals surface area (Å²) in [6, 6.07) is 2.16. The van der Waals surface area contributed by atoms with E-state index >= 15 is 0 Å². The number of rotatable bonds is 4. The second kappa shape index (κ2) is 5.65. The van der Waals surface area contributed by atoms with E-state index in [4.69, 9.17) is 5.11 Å². The van der Waals surface area contributed by atoms with Crippen molar-refractivity contribution in [3.05, 3.63) is 23.3 Å². The Balaban J connectivity index is 3.38. The number of carboxylic acids is 1. The Kier molecular flexibility index (Phi) is 4.70. The highest BCUT2D eigenvalue weighted by Crippen LogP contribution is 2.28. The largest absolute Gasteiger partial charge is 0.507 e. The van der Waals surface area contributed by atoms with Crippen molar-refractivity contribution >= 4 is 16.0 Å². The molecular weight excluding hydrogens is 294 g/mol. The van der Waals surface area contributed by atoms with Crippen molar-refractivity contribution in [2.24, 2.45) is 5.41 Å². The van der Waals surface area contributed by atoms with Gasteiger partial charge in [-0.15, -0.1) is 0 Å². The highest BCUT2D eigenvalue weighted by atomic mass is 32.2. The highest BCUT2D eigenvalue weighted by Gasteiger charge is 2.28. The summed E-state index contributed by atoms with van der Waals surface area (Å²) in [5.74, 6) is -1.82. The van der Waals surface area contributed by atoms with E-state index in [0.717, 1.165) is 12.1 Å². The summed E-state index contributed by atoms with van der Waals surface area (Å²) in [7, 11) is -2.37. The molecule has 1 rings (SSSR count). The molecule has 6 nitrogen and oxygen atoms in total. The first-order valence-corrected chi connectivity index (χ1v) is 7.83. The second-order valence-electron chi connectivity index (χ2n) is 6.26. The summed E-state index contributed by atoms with van der Waals surface area (Å²) < 4.78 is 26.3. The van der Waals surface area contributed by atoms with Crippen LogP contribution in [0.2, 0.25) is 0 Å². The normalized spacial score (nSPS) is 12.7. The topological polar surface area (TPSA) is 94.9 Å². The minimum Gasteiger partial charge on any atom is -0.507 e. The summed E-state index contributed by atoms with van der Waals surface area (Å²) in [5, 5.41) is 18.6. The van der Waals surface area contributed by atoms with Crippen LogP contribution < -0.4 is 0 Å². The first-order valence-electron chi connectivity index (χ1n) is 6.39. The van der Waals surface area contributed by atoms with Gasteiger partial charge >= 0.3 is 5.97 Å². The van der Waals surface area contributed by atoms with Crippen LogP contribution >= 0.6 is 0 Å². The summed E-state index contributed by atoms with van der Waals surface area (Å²) >= 11 is 0. The van der Waals surface area contributed by atoms with Gasteiger partial charge in [0.1, 0.15) is 11.3 Å². The Hall–Kier alpha value is -1.60. The Bertz CT molecular complexity index is 659. The standard InChI is InChI=1S/C14H21NO5S/c1-9-6-11(16)10(13(17)18)7-12(9)21(19,20)15(5)8-14(2,3)4/h6-7,16H,8H2,1-5H3,(H,17,18). The van der Waals surface area contributed by atoms with E-state index in [1.807, 2.05) is 20.8 Å². The van der Waals surface area contributed by atoms with Crippen LogP contribution in [0.25, 0.3) is 0 Å². The number of carboxylic acid groups (broad SMARTS) is 1. The van der Waals surface area contributed by atoms with E-state index in [2.05, 4.69) is 0 Å². The van der Waals surface area contributed by atoms with Crippen LogP contribution in [-0.2, 0) is 10.0 Å². The molecule has 0 spiro atoms. The number of hydrogen-bond acceptors (Lipinski definition) is 4. The van der Waals surface area contributed by atoms with Crippen LogP contribution in [0.1, 0.15) is 36.7 Å². The molecule has 0 atom stereocenters. The summed E-state index contributed by atoms with van der Waals surface area (Å²) in [5.41, 5.74) is -0.357. The van der Waals surface area contributed by atoms with Gasteiger partial charge in [-0.3, -0.25) is 0 Å². The van der Waals surface area contributed by atoms with Crippen molar-refractivity contribution in [3.8, 4) is 5.75 Å². The molecule has 0 bridgehead atoms. The SMILES string of the molecule is Cc1cc(O)c(C(=O)O)cc1S(=O)(=O)N(C)CC(C)(C)C. The van der Waals surface area contributed by atoms with Crippen molar-refractivity contribution in [2.45, 2.75) is 32.6 Å². The number of aryl methyl sites for hydroxylation is 1. The molecule has 0 saturated carbocycles. The maximum absolute atomic E-state index is 12.6. The summed E-state index contributed by atoms with van der Waals surface area (Å²) in [6.45, 7) is 7.53. The van der Waals surface area contributed by atoms with Gasteiger partial charge in [0.25, 0.3) is 0 Å². The number of phenols is 1. The molecule has 0 fully saturated rings. The van der Waals surface area contributed by atoms with Gasteiger partial charge in [-0.05, 0) is 30.0 Å². The van der Waals surface area contributed by atoms with E-state index in [9.17, 15) is 18.3 Å². The lowest BCUT2D eigenvalue weighted by Crippen LogP contribution is -2.35.